The van der Waals surface area contributed by atoms with Gasteiger partial charge >= 0.3 is 6.18 Å². The molecular weight excluding hydrogens is 429 g/mol. The molecule has 4 rings (SSSR count). The summed E-state index contributed by atoms with van der Waals surface area (Å²) in [5.74, 6) is 0.116. The van der Waals surface area contributed by atoms with E-state index in [1.807, 2.05) is 47.4 Å². The predicted octanol–water partition coefficient (Wildman–Crippen LogP) is 5.01. The first-order chi connectivity index (χ1) is 14.8. The Balaban J connectivity index is 1.49. The molecule has 0 radical (unpaired) electrons. The van der Waals surface area contributed by atoms with E-state index in [4.69, 9.17) is 4.74 Å². The predicted molar refractivity (Wildman–Crippen MR) is 111 cm³/mol. The molecular formula is C22H19F3N2O3S. The molecule has 1 aliphatic heterocycles. The average Bonchev–Trinajstić information content (AvgIpc) is 3.22. The van der Waals surface area contributed by atoms with E-state index in [0.717, 1.165) is 23.4 Å². The van der Waals surface area contributed by atoms with E-state index < -0.39 is 22.8 Å². The number of anilines is 1. The van der Waals surface area contributed by atoms with Crippen molar-refractivity contribution in [1.29, 1.82) is 0 Å². The van der Waals surface area contributed by atoms with Gasteiger partial charge in [0.2, 0.25) is 5.88 Å². The van der Waals surface area contributed by atoms with E-state index in [0.29, 0.717) is 30.1 Å². The van der Waals surface area contributed by atoms with Crippen molar-refractivity contribution >= 4 is 16.8 Å². The molecule has 2 aromatic carbocycles. The van der Waals surface area contributed by atoms with Crippen LogP contribution in [0.2, 0.25) is 0 Å². The number of rotatable bonds is 5. The fraction of sp³-hybridized carbons (Fsp3) is 0.227. The van der Waals surface area contributed by atoms with Gasteiger partial charge in [-0.1, -0.05) is 36.4 Å². The zero-order valence-corrected chi connectivity index (χ0v) is 17.1. The second-order valence-electron chi connectivity index (χ2n) is 7.16. The van der Waals surface area contributed by atoms with Crippen LogP contribution >= 0.6 is 0 Å². The maximum atomic E-state index is 12.7. The minimum Gasteiger partial charge on any atom is -0.472 e. The first kappa shape index (κ1) is 21.3. The van der Waals surface area contributed by atoms with Crippen LogP contribution in [0.1, 0.15) is 12.0 Å². The molecule has 9 heteroatoms. The third-order valence-electron chi connectivity index (χ3n) is 5.09. The van der Waals surface area contributed by atoms with Crippen LogP contribution in [0.15, 0.2) is 71.8 Å². The van der Waals surface area contributed by atoms with E-state index >= 15 is 0 Å². The lowest BCUT2D eigenvalue weighted by Gasteiger charge is -2.21. The molecule has 2 atom stereocenters. The highest BCUT2D eigenvalue weighted by Crippen LogP contribution is 2.33. The molecule has 1 saturated heterocycles. The van der Waals surface area contributed by atoms with Crippen LogP contribution < -0.4 is 9.64 Å². The molecule has 1 N–H and O–H groups in total. The highest BCUT2D eigenvalue weighted by molar-refractivity contribution is 7.79. The van der Waals surface area contributed by atoms with Crippen LogP contribution in [0, 0.1) is 0 Å². The van der Waals surface area contributed by atoms with Gasteiger partial charge in [-0.2, -0.15) is 13.2 Å². The summed E-state index contributed by atoms with van der Waals surface area (Å²) in [4.78, 5) is 5.99. The van der Waals surface area contributed by atoms with E-state index in [1.165, 1.54) is 6.07 Å². The molecule has 0 bridgehead atoms. The molecule has 3 aromatic rings. The summed E-state index contributed by atoms with van der Waals surface area (Å²) in [6, 6.07) is 17.1. The van der Waals surface area contributed by atoms with Crippen molar-refractivity contribution in [2.45, 2.75) is 23.6 Å². The van der Waals surface area contributed by atoms with E-state index in [9.17, 15) is 21.9 Å². The fourth-order valence-corrected chi connectivity index (χ4v) is 4.16. The Hall–Kier alpha value is -2.91. The van der Waals surface area contributed by atoms with Crippen molar-refractivity contribution in [1.82, 2.24) is 4.98 Å². The molecule has 2 unspecified atom stereocenters. The highest BCUT2D eigenvalue weighted by atomic mass is 32.2. The Kier molecular flexibility index (Phi) is 5.97. The first-order valence-electron chi connectivity index (χ1n) is 9.56. The second-order valence-corrected chi connectivity index (χ2v) is 8.09. The van der Waals surface area contributed by atoms with Gasteiger partial charge in [-0.25, -0.2) is 9.19 Å². The minimum absolute atomic E-state index is 0.116. The molecule has 5 nitrogen and oxygen atoms in total. The molecule has 31 heavy (non-hydrogen) atoms. The normalized spacial score (nSPS) is 17.5. The van der Waals surface area contributed by atoms with Crippen LogP contribution in [-0.2, 0) is 17.3 Å². The Morgan fingerprint density at radius 2 is 1.84 bits per heavy atom. The molecule has 0 saturated carbocycles. The smallest absolute Gasteiger partial charge is 0.417 e. The molecule has 0 spiro atoms. The van der Waals surface area contributed by atoms with E-state index in [2.05, 4.69) is 4.98 Å². The number of alkyl halides is 3. The van der Waals surface area contributed by atoms with Gasteiger partial charge in [0.1, 0.15) is 6.10 Å². The number of pyridine rings is 1. The van der Waals surface area contributed by atoms with Crippen LogP contribution in [0.25, 0.3) is 11.1 Å². The maximum absolute atomic E-state index is 12.7. The van der Waals surface area contributed by atoms with Gasteiger partial charge in [0.25, 0.3) is 0 Å². The fourth-order valence-electron chi connectivity index (χ4n) is 3.56. The number of nitrogens with zero attached hydrogens (tertiary/aromatic N) is 2. The number of hydrogen-bond acceptors (Lipinski definition) is 4. The van der Waals surface area contributed by atoms with E-state index in [-0.39, 0.29) is 12.0 Å². The Morgan fingerprint density at radius 3 is 2.48 bits per heavy atom. The summed E-state index contributed by atoms with van der Waals surface area (Å²) in [5.41, 5.74) is 1.58. The lowest BCUT2D eigenvalue weighted by Crippen LogP contribution is -2.25. The van der Waals surface area contributed by atoms with Gasteiger partial charge in [-0.05, 0) is 29.3 Å². The van der Waals surface area contributed by atoms with Crippen LogP contribution in [0.4, 0.5) is 18.9 Å². The zero-order valence-electron chi connectivity index (χ0n) is 16.2. The molecule has 0 amide bonds. The first-order valence-corrected chi connectivity index (χ1v) is 10.7. The lowest BCUT2D eigenvalue weighted by atomic mass is 10.1. The molecule has 1 aliphatic rings. The third-order valence-corrected chi connectivity index (χ3v) is 5.80. The number of hydrogen-bond donors (Lipinski definition) is 1. The summed E-state index contributed by atoms with van der Waals surface area (Å²) < 4.78 is 65.6. The van der Waals surface area contributed by atoms with Crippen molar-refractivity contribution < 1.29 is 26.7 Å². The van der Waals surface area contributed by atoms with Crippen molar-refractivity contribution in [2.75, 3.05) is 18.0 Å². The number of aromatic nitrogens is 1. The quantitative estimate of drug-likeness (QED) is 0.557. The summed E-state index contributed by atoms with van der Waals surface area (Å²) in [6.45, 7) is 1.01. The third kappa shape index (κ3) is 4.88. The molecule has 1 fully saturated rings. The largest absolute Gasteiger partial charge is 0.472 e. The second kappa shape index (κ2) is 8.68. The summed E-state index contributed by atoms with van der Waals surface area (Å²) in [7, 11) is 0. The number of halogens is 3. The van der Waals surface area contributed by atoms with Gasteiger partial charge in [0.15, 0.2) is 11.1 Å². The Morgan fingerprint density at radius 1 is 1.06 bits per heavy atom. The molecule has 162 valence electrons. The van der Waals surface area contributed by atoms with Gasteiger partial charge in [-0.15, -0.1) is 0 Å². The van der Waals surface area contributed by atoms with Crippen LogP contribution in [-0.4, -0.2) is 32.9 Å². The number of benzene rings is 2. The highest BCUT2D eigenvalue weighted by Gasteiger charge is 2.31. The van der Waals surface area contributed by atoms with E-state index in [1.54, 1.807) is 6.07 Å². The van der Waals surface area contributed by atoms with Crippen LogP contribution in [0.5, 0.6) is 5.88 Å². The number of ether oxygens (including phenoxy) is 1. The van der Waals surface area contributed by atoms with Crippen molar-refractivity contribution in [3.63, 3.8) is 0 Å². The Labute approximate surface area is 179 Å². The summed E-state index contributed by atoms with van der Waals surface area (Å²) in [6.07, 6.45) is -3.38. The van der Waals surface area contributed by atoms with Crippen molar-refractivity contribution in [3.05, 3.63) is 72.4 Å². The minimum atomic E-state index is -4.45. The summed E-state index contributed by atoms with van der Waals surface area (Å²) >= 11 is -2.18. The van der Waals surface area contributed by atoms with Gasteiger partial charge in [-0.3, -0.25) is 0 Å². The topological polar surface area (TPSA) is 62.7 Å². The van der Waals surface area contributed by atoms with Crippen molar-refractivity contribution in [2.24, 2.45) is 0 Å². The SMILES string of the molecule is O=S(O)c1cc(-c2ccccc2)ccc1N1CCC(Oc2ccc(C(F)(F)F)cn2)C1. The summed E-state index contributed by atoms with van der Waals surface area (Å²) in [5, 5.41) is 0. The Bertz CT molecular complexity index is 1080. The maximum Gasteiger partial charge on any atom is 0.417 e. The van der Waals surface area contributed by atoms with Crippen molar-refractivity contribution in [3.8, 4) is 17.0 Å². The molecule has 2 heterocycles. The van der Waals surface area contributed by atoms with Gasteiger partial charge in [0.05, 0.1) is 22.7 Å². The molecule has 0 aliphatic carbocycles. The molecule has 1 aromatic heterocycles. The lowest BCUT2D eigenvalue weighted by molar-refractivity contribution is -0.137. The van der Waals surface area contributed by atoms with Gasteiger partial charge < -0.3 is 14.2 Å². The zero-order chi connectivity index (χ0) is 22.0. The average molecular weight is 448 g/mol. The van der Waals surface area contributed by atoms with Gasteiger partial charge in [0, 0.05) is 25.2 Å². The van der Waals surface area contributed by atoms with Crippen LogP contribution in [0.3, 0.4) is 0 Å². The monoisotopic (exact) mass is 448 g/mol. The standard InChI is InChI=1S/C22H19F3N2O3S/c23-22(24,25)17-7-9-21(26-13-17)30-18-10-11-27(14-18)19-8-6-16(12-20(19)31(28)29)15-4-2-1-3-5-15/h1-9,12-13,18H,10-11,14H2,(H,28,29).